The maximum absolute atomic E-state index is 12.6. The molecule has 4 rings (SSSR count). The number of rotatable bonds is 3. The van der Waals surface area contributed by atoms with Gasteiger partial charge < -0.3 is 19.5 Å². The van der Waals surface area contributed by atoms with Gasteiger partial charge in [-0.1, -0.05) is 29.8 Å². The normalized spacial score (nSPS) is 18.3. The standard InChI is InChI=1S/C20H20ClNO4/c21-15-10-13(11-18-20(15)26-8-3-7-24-18)12-19(23)22-16-6-9-25-17-5-2-1-4-14(16)17/h1-2,4-5,10-11,16H,3,6-9,12H2,(H,22,23). The van der Waals surface area contributed by atoms with Gasteiger partial charge in [0.2, 0.25) is 5.91 Å². The van der Waals surface area contributed by atoms with Gasteiger partial charge in [0.1, 0.15) is 5.75 Å². The number of nitrogens with one attached hydrogen (secondary N) is 1. The van der Waals surface area contributed by atoms with Gasteiger partial charge in [0.15, 0.2) is 11.5 Å². The fourth-order valence-electron chi connectivity index (χ4n) is 3.31. The lowest BCUT2D eigenvalue weighted by Crippen LogP contribution is -2.33. The predicted molar refractivity (Wildman–Crippen MR) is 98.2 cm³/mol. The van der Waals surface area contributed by atoms with Gasteiger partial charge in [-0.25, -0.2) is 0 Å². The number of hydrogen-bond donors (Lipinski definition) is 1. The summed E-state index contributed by atoms with van der Waals surface area (Å²) in [7, 11) is 0. The highest BCUT2D eigenvalue weighted by atomic mass is 35.5. The number of benzene rings is 2. The molecule has 0 spiro atoms. The Hall–Kier alpha value is -2.40. The van der Waals surface area contributed by atoms with Crippen LogP contribution >= 0.6 is 11.6 Å². The maximum Gasteiger partial charge on any atom is 0.224 e. The van der Waals surface area contributed by atoms with Crippen molar-refractivity contribution >= 4 is 17.5 Å². The predicted octanol–water partition coefficient (Wildman–Crippen LogP) is 3.68. The van der Waals surface area contributed by atoms with Gasteiger partial charge in [-0.2, -0.15) is 0 Å². The third kappa shape index (κ3) is 3.58. The van der Waals surface area contributed by atoms with Crippen LogP contribution in [0.2, 0.25) is 5.02 Å². The molecule has 0 radical (unpaired) electrons. The lowest BCUT2D eigenvalue weighted by Gasteiger charge is -2.26. The molecule has 136 valence electrons. The Morgan fingerprint density at radius 3 is 2.81 bits per heavy atom. The molecule has 0 fully saturated rings. The number of carbonyl (C=O) groups excluding carboxylic acids is 1. The highest BCUT2D eigenvalue weighted by Gasteiger charge is 2.23. The van der Waals surface area contributed by atoms with E-state index in [0.29, 0.717) is 36.3 Å². The average Bonchev–Trinajstić information content (AvgIpc) is 2.88. The minimum Gasteiger partial charge on any atom is -0.493 e. The molecule has 1 N–H and O–H groups in total. The van der Waals surface area contributed by atoms with Gasteiger partial charge in [-0.3, -0.25) is 4.79 Å². The fraction of sp³-hybridized carbons (Fsp3) is 0.350. The van der Waals surface area contributed by atoms with Crippen LogP contribution in [0.15, 0.2) is 36.4 Å². The van der Waals surface area contributed by atoms with Gasteiger partial charge in [-0.05, 0) is 23.8 Å². The highest BCUT2D eigenvalue weighted by Crippen LogP contribution is 2.38. The summed E-state index contributed by atoms with van der Waals surface area (Å²) in [5.74, 6) is 1.95. The topological polar surface area (TPSA) is 56.8 Å². The summed E-state index contributed by atoms with van der Waals surface area (Å²) < 4.78 is 17.0. The molecule has 26 heavy (non-hydrogen) atoms. The lowest BCUT2D eigenvalue weighted by molar-refractivity contribution is -0.121. The number of halogens is 1. The first-order valence-corrected chi connectivity index (χ1v) is 9.17. The molecule has 0 bridgehead atoms. The van der Waals surface area contributed by atoms with Crippen LogP contribution in [-0.4, -0.2) is 25.7 Å². The first-order chi connectivity index (χ1) is 12.7. The zero-order valence-corrected chi connectivity index (χ0v) is 15.1. The molecule has 2 aromatic carbocycles. The van der Waals surface area contributed by atoms with E-state index in [2.05, 4.69) is 5.32 Å². The second kappa shape index (κ2) is 7.46. The molecule has 6 heteroatoms. The molecule has 0 saturated carbocycles. The van der Waals surface area contributed by atoms with Crippen molar-refractivity contribution in [3.63, 3.8) is 0 Å². The highest BCUT2D eigenvalue weighted by molar-refractivity contribution is 6.32. The summed E-state index contributed by atoms with van der Waals surface area (Å²) in [6.45, 7) is 1.76. The molecule has 1 amide bonds. The summed E-state index contributed by atoms with van der Waals surface area (Å²) in [5, 5.41) is 3.58. The van der Waals surface area contributed by atoms with E-state index >= 15 is 0 Å². The number of para-hydroxylation sites is 1. The molecule has 1 atom stereocenters. The number of amides is 1. The lowest BCUT2D eigenvalue weighted by atomic mass is 10.00. The van der Waals surface area contributed by atoms with Crippen LogP contribution in [-0.2, 0) is 11.2 Å². The molecule has 5 nitrogen and oxygen atoms in total. The van der Waals surface area contributed by atoms with Crippen LogP contribution < -0.4 is 19.5 Å². The van der Waals surface area contributed by atoms with E-state index in [1.807, 2.05) is 30.3 Å². The van der Waals surface area contributed by atoms with Gasteiger partial charge in [0.05, 0.1) is 37.3 Å². The molecule has 2 heterocycles. The molecule has 0 saturated heterocycles. The van der Waals surface area contributed by atoms with Crippen molar-refractivity contribution in [2.45, 2.75) is 25.3 Å². The Labute approximate surface area is 157 Å². The average molecular weight is 374 g/mol. The van der Waals surface area contributed by atoms with Crippen molar-refractivity contribution in [3.8, 4) is 17.2 Å². The quantitative estimate of drug-likeness (QED) is 0.891. The smallest absolute Gasteiger partial charge is 0.224 e. The van der Waals surface area contributed by atoms with Crippen LogP contribution in [0.5, 0.6) is 17.2 Å². The number of carbonyl (C=O) groups is 1. The van der Waals surface area contributed by atoms with E-state index < -0.39 is 0 Å². The summed E-state index contributed by atoms with van der Waals surface area (Å²) in [5.41, 5.74) is 1.82. The Morgan fingerprint density at radius 2 is 1.88 bits per heavy atom. The molecule has 2 aliphatic heterocycles. The van der Waals surface area contributed by atoms with E-state index in [9.17, 15) is 4.79 Å². The first kappa shape index (κ1) is 17.0. The van der Waals surface area contributed by atoms with E-state index in [1.54, 1.807) is 6.07 Å². The summed E-state index contributed by atoms with van der Waals surface area (Å²) >= 11 is 6.31. The first-order valence-electron chi connectivity index (χ1n) is 8.80. The largest absolute Gasteiger partial charge is 0.493 e. The second-order valence-corrected chi connectivity index (χ2v) is 6.83. The summed E-state index contributed by atoms with van der Waals surface area (Å²) in [6.07, 6.45) is 1.80. The Morgan fingerprint density at radius 1 is 1.08 bits per heavy atom. The SMILES string of the molecule is O=C(Cc1cc(Cl)c2c(c1)OCCCO2)NC1CCOc2ccccc21. The monoisotopic (exact) mass is 373 g/mol. The Kier molecular flexibility index (Phi) is 4.89. The van der Waals surface area contributed by atoms with E-state index in [4.69, 9.17) is 25.8 Å². The van der Waals surface area contributed by atoms with Gasteiger partial charge in [-0.15, -0.1) is 0 Å². The van der Waals surface area contributed by atoms with Crippen molar-refractivity contribution in [2.75, 3.05) is 19.8 Å². The molecule has 1 unspecified atom stereocenters. The van der Waals surface area contributed by atoms with E-state index in [1.165, 1.54) is 0 Å². The van der Waals surface area contributed by atoms with Crippen molar-refractivity contribution in [2.24, 2.45) is 0 Å². The van der Waals surface area contributed by atoms with Crippen LogP contribution in [0.1, 0.15) is 30.0 Å². The third-order valence-corrected chi connectivity index (χ3v) is 4.80. The van der Waals surface area contributed by atoms with Crippen LogP contribution in [0.25, 0.3) is 0 Å². The third-order valence-electron chi connectivity index (χ3n) is 4.52. The molecule has 0 aromatic heterocycles. The fourth-order valence-corrected chi connectivity index (χ4v) is 3.60. The summed E-state index contributed by atoms with van der Waals surface area (Å²) in [6, 6.07) is 11.4. The number of ether oxygens (including phenoxy) is 3. The minimum atomic E-state index is -0.0581. The van der Waals surface area contributed by atoms with Crippen molar-refractivity contribution in [1.29, 1.82) is 0 Å². The van der Waals surface area contributed by atoms with E-state index in [-0.39, 0.29) is 18.4 Å². The molecule has 2 aliphatic rings. The van der Waals surface area contributed by atoms with Gasteiger partial charge in [0, 0.05) is 18.4 Å². The van der Waals surface area contributed by atoms with Crippen molar-refractivity contribution in [3.05, 3.63) is 52.5 Å². The molecule has 2 aromatic rings. The van der Waals surface area contributed by atoms with Gasteiger partial charge in [0.25, 0.3) is 0 Å². The zero-order valence-electron chi connectivity index (χ0n) is 14.3. The molecular weight excluding hydrogens is 354 g/mol. The maximum atomic E-state index is 12.6. The van der Waals surface area contributed by atoms with Crippen LogP contribution in [0, 0.1) is 0 Å². The zero-order chi connectivity index (χ0) is 17.9. The molecule has 0 aliphatic carbocycles. The van der Waals surface area contributed by atoms with Crippen molar-refractivity contribution < 1.29 is 19.0 Å². The molecular formula is C20H20ClNO4. The Balaban J connectivity index is 1.48. The second-order valence-electron chi connectivity index (χ2n) is 6.43. The van der Waals surface area contributed by atoms with Crippen LogP contribution in [0.3, 0.4) is 0 Å². The number of fused-ring (bicyclic) bond motifs is 2. The minimum absolute atomic E-state index is 0.0386. The number of hydrogen-bond acceptors (Lipinski definition) is 4. The Bertz CT molecular complexity index is 823. The van der Waals surface area contributed by atoms with Gasteiger partial charge >= 0.3 is 0 Å². The van der Waals surface area contributed by atoms with E-state index in [0.717, 1.165) is 29.7 Å². The summed E-state index contributed by atoms with van der Waals surface area (Å²) in [4.78, 5) is 12.6. The van der Waals surface area contributed by atoms with Crippen LogP contribution in [0.4, 0.5) is 0 Å². The van der Waals surface area contributed by atoms with Crippen molar-refractivity contribution in [1.82, 2.24) is 5.32 Å².